The van der Waals surface area contributed by atoms with Gasteiger partial charge in [-0.2, -0.15) is 5.10 Å². The molecule has 0 saturated heterocycles. The summed E-state index contributed by atoms with van der Waals surface area (Å²) in [7, 11) is 0. The molecule has 10 heteroatoms. The number of halogens is 1. The summed E-state index contributed by atoms with van der Waals surface area (Å²) >= 11 is 7.12. The molecule has 2 heterocycles. The van der Waals surface area contributed by atoms with E-state index in [9.17, 15) is 9.59 Å². The second-order valence-corrected chi connectivity index (χ2v) is 7.26. The van der Waals surface area contributed by atoms with Gasteiger partial charge in [0.1, 0.15) is 10.4 Å². The molecule has 134 valence electrons. The van der Waals surface area contributed by atoms with Gasteiger partial charge in [-0.15, -0.1) is 0 Å². The molecule has 2 aromatic heterocycles. The molecule has 0 unspecified atom stereocenters. The number of anilines is 2. The number of fused-ring (bicyclic) bond motifs is 1. The average Bonchev–Trinajstić information content (AvgIpc) is 3.30. The van der Waals surface area contributed by atoms with E-state index in [1.165, 1.54) is 11.3 Å². The maximum absolute atomic E-state index is 12.1. The Morgan fingerprint density at radius 1 is 1.35 bits per heavy atom. The van der Waals surface area contributed by atoms with Gasteiger partial charge in [0.15, 0.2) is 23.2 Å². The first-order chi connectivity index (χ1) is 12.6. The molecule has 8 nitrogen and oxygen atoms in total. The molecule has 3 N–H and O–H groups in total. The van der Waals surface area contributed by atoms with Gasteiger partial charge in [-0.25, -0.2) is 4.98 Å². The molecule has 3 aromatic rings. The zero-order valence-electron chi connectivity index (χ0n) is 13.4. The van der Waals surface area contributed by atoms with Gasteiger partial charge in [0.2, 0.25) is 5.91 Å². The SMILES string of the molecule is O=C(COc1cccc(Cl)c1)Nc1n[nH]c2nc(NC(=O)C3CC3)sc12. The Bertz CT molecular complexity index is 981. The van der Waals surface area contributed by atoms with E-state index < -0.39 is 0 Å². The van der Waals surface area contributed by atoms with Crippen molar-refractivity contribution >= 4 is 56.0 Å². The summed E-state index contributed by atoms with van der Waals surface area (Å²) in [6.07, 6.45) is 1.84. The first kappa shape index (κ1) is 16.8. The highest BCUT2D eigenvalue weighted by atomic mass is 35.5. The molecule has 0 radical (unpaired) electrons. The number of rotatable bonds is 6. The third-order valence-corrected chi connectivity index (χ3v) is 4.93. The summed E-state index contributed by atoms with van der Waals surface area (Å²) in [6, 6.07) is 6.80. The maximum atomic E-state index is 12.1. The predicted octanol–water partition coefficient (Wildman–Crippen LogP) is 3.04. The largest absolute Gasteiger partial charge is 0.484 e. The van der Waals surface area contributed by atoms with Gasteiger partial charge in [0, 0.05) is 10.9 Å². The third-order valence-electron chi connectivity index (χ3n) is 3.72. The van der Waals surface area contributed by atoms with Crippen molar-refractivity contribution in [1.29, 1.82) is 0 Å². The summed E-state index contributed by atoms with van der Waals surface area (Å²) < 4.78 is 6.06. The van der Waals surface area contributed by atoms with Gasteiger partial charge >= 0.3 is 0 Å². The van der Waals surface area contributed by atoms with Crippen LogP contribution in [0.15, 0.2) is 24.3 Å². The summed E-state index contributed by atoms with van der Waals surface area (Å²) in [4.78, 5) is 28.2. The van der Waals surface area contributed by atoms with Gasteiger partial charge in [-0.1, -0.05) is 29.0 Å². The van der Waals surface area contributed by atoms with E-state index >= 15 is 0 Å². The Labute approximate surface area is 156 Å². The standard InChI is InChI=1S/C16H14ClN5O3S/c17-9-2-1-3-10(6-9)25-7-11(23)18-13-12-14(22-21-13)19-16(26-12)20-15(24)8-4-5-8/h1-3,6,8H,4-5,7H2,(H3,18,19,20,21,22,23,24). The quantitative estimate of drug-likeness (QED) is 0.598. The number of thiazole rings is 1. The van der Waals surface area contributed by atoms with E-state index in [1.807, 2.05) is 0 Å². The number of aromatic nitrogens is 3. The average molecular weight is 392 g/mol. The highest BCUT2D eigenvalue weighted by Gasteiger charge is 2.30. The van der Waals surface area contributed by atoms with Crippen LogP contribution in [0.2, 0.25) is 5.02 Å². The molecule has 0 aliphatic heterocycles. The van der Waals surface area contributed by atoms with E-state index in [-0.39, 0.29) is 24.3 Å². The van der Waals surface area contributed by atoms with Crippen molar-refractivity contribution in [1.82, 2.24) is 15.2 Å². The fourth-order valence-corrected chi connectivity index (χ4v) is 3.32. The van der Waals surface area contributed by atoms with Crippen LogP contribution in [0.25, 0.3) is 10.3 Å². The van der Waals surface area contributed by atoms with Gasteiger partial charge in [-0.3, -0.25) is 14.7 Å². The normalized spacial score (nSPS) is 13.6. The lowest BCUT2D eigenvalue weighted by Crippen LogP contribution is -2.20. The topological polar surface area (TPSA) is 109 Å². The predicted molar refractivity (Wildman–Crippen MR) is 98.7 cm³/mol. The van der Waals surface area contributed by atoms with Crippen molar-refractivity contribution in [2.75, 3.05) is 17.2 Å². The van der Waals surface area contributed by atoms with Crippen LogP contribution in [0.4, 0.5) is 10.9 Å². The number of H-pyrrole nitrogens is 1. The van der Waals surface area contributed by atoms with Crippen molar-refractivity contribution < 1.29 is 14.3 Å². The highest BCUT2D eigenvalue weighted by molar-refractivity contribution is 7.22. The number of nitrogens with zero attached hydrogens (tertiary/aromatic N) is 2. The number of nitrogens with one attached hydrogen (secondary N) is 3. The molecule has 26 heavy (non-hydrogen) atoms. The molecular weight excluding hydrogens is 378 g/mol. The molecule has 4 rings (SSSR count). The van der Waals surface area contributed by atoms with E-state index in [1.54, 1.807) is 24.3 Å². The molecule has 1 aromatic carbocycles. The molecule has 1 fully saturated rings. The number of carbonyl (C=O) groups is 2. The molecule has 0 atom stereocenters. The van der Waals surface area contributed by atoms with Crippen molar-refractivity contribution in [2.24, 2.45) is 5.92 Å². The Kier molecular flexibility index (Phi) is 4.48. The Hall–Kier alpha value is -2.65. The van der Waals surface area contributed by atoms with E-state index in [0.717, 1.165) is 12.8 Å². The number of benzene rings is 1. The summed E-state index contributed by atoms with van der Waals surface area (Å²) in [5.41, 5.74) is 0.507. The first-order valence-corrected chi connectivity index (χ1v) is 9.12. The van der Waals surface area contributed by atoms with Gasteiger partial charge in [0.05, 0.1) is 0 Å². The van der Waals surface area contributed by atoms with Gasteiger partial charge in [-0.05, 0) is 31.0 Å². The molecule has 1 saturated carbocycles. The maximum Gasteiger partial charge on any atom is 0.263 e. The van der Waals surface area contributed by atoms with E-state index in [2.05, 4.69) is 25.8 Å². The first-order valence-electron chi connectivity index (χ1n) is 7.92. The van der Waals surface area contributed by atoms with Crippen LogP contribution in [0.5, 0.6) is 5.75 Å². The highest BCUT2D eigenvalue weighted by Crippen LogP contribution is 2.33. The number of aromatic amines is 1. The monoisotopic (exact) mass is 391 g/mol. The van der Waals surface area contributed by atoms with Crippen LogP contribution >= 0.6 is 22.9 Å². The zero-order valence-corrected chi connectivity index (χ0v) is 15.0. The lowest BCUT2D eigenvalue weighted by Gasteiger charge is -2.06. The van der Waals surface area contributed by atoms with Crippen LogP contribution in [0.3, 0.4) is 0 Å². The summed E-state index contributed by atoms with van der Waals surface area (Å²) in [5, 5.41) is 13.2. The summed E-state index contributed by atoms with van der Waals surface area (Å²) in [6.45, 7) is -0.182. The Morgan fingerprint density at radius 3 is 2.96 bits per heavy atom. The third kappa shape index (κ3) is 3.78. The minimum absolute atomic E-state index is 0.0186. The molecular formula is C16H14ClN5O3S. The van der Waals surface area contributed by atoms with Crippen molar-refractivity contribution in [3.05, 3.63) is 29.3 Å². The fraction of sp³-hybridized carbons (Fsp3) is 0.250. The van der Waals surface area contributed by atoms with Crippen molar-refractivity contribution in [2.45, 2.75) is 12.8 Å². The zero-order chi connectivity index (χ0) is 18.1. The number of ether oxygens (including phenoxy) is 1. The minimum atomic E-state index is -0.365. The van der Waals surface area contributed by atoms with Gasteiger partial charge in [0.25, 0.3) is 5.91 Å². The second kappa shape index (κ2) is 6.93. The molecule has 0 spiro atoms. The number of hydrogen-bond donors (Lipinski definition) is 3. The molecule has 1 aliphatic carbocycles. The molecule has 2 amide bonds. The van der Waals surface area contributed by atoms with E-state index in [0.29, 0.717) is 32.1 Å². The smallest absolute Gasteiger partial charge is 0.263 e. The van der Waals surface area contributed by atoms with Crippen LogP contribution < -0.4 is 15.4 Å². The Balaban J connectivity index is 1.39. The fourth-order valence-electron chi connectivity index (χ4n) is 2.28. The Morgan fingerprint density at radius 2 is 2.19 bits per heavy atom. The minimum Gasteiger partial charge on any atom is -0.484 e. The van der Waals surface area contributed by atoms with Crippen molar-refractivity contribution in [3.63, 3.8) is 0 Å². The van der Waals surface area contributed by atoms with Crippen molar-refractivity contribution in [3.8, 4) is 5.75 Å². The number of carbonyl (C=O) groups excluding carboxylic acids is 2. The van der Waals surface area contributed by atoms with Gasteiger partial charge < -0.3 is 15.4 Å². The molecule has 1 aliphatic rings. The van der Waals surface area contributed by atoms with E-state index in [4.69, 9.17) is 16.3 Å². The number of amides is 2. The summed E-state index contributed by atoms with van der Waals surface area (Å²) in [5.74, 6) is 0.565. The lowest BCUT2D eigenvalue weighted by molar-refractivity contribution is -0.118. The van der Waals surface area contributed by atoms with Crippen LogP contribution in [-0.2, 0) is 9.59 Å². The second-order valence-electron chi connectivity index (χ2n) is 5.83. The van der Waals surface area contributed by atoms with Crippen LogP contribution in [-0.4, -0.2) is 33.6 Å². The van der Waals surface area contributed by atoms with Crippen LogP contribution in [0.1, 0.15) is 12.8 Å². The number of hydrogen-bond acceptors (Lipinski definition) is 6. The molecule has 0 bridgehead atoms. The lowest BCUT2D eigenvalue weighted by atomic mass is 10.3. The van der Waals surface area contributed by atoms with Crippen LogP contribution in [0, 0.1) is 5.92 Å².